The first-order chi connectivity index (χ1) is 7.95. The largest absolute Gasteiger partial charge is 0.355 e. The van der Waals surface area contributed by atoms with E-state index in [9.17, 15) is 4.79 Å². The van der Waals surface area contributed by atoms with Gasteiger partial charge in [0, 0.05) is 17.4 Å². The molecule has 1 amide bonds. The lowest BCUT2D eigenvalue weighted by Crippen LogP contribution is -2.39. The van der Waals surface area contributed by atoms with Gasteiger partial charge in [0.05, 0.1) is 5.41 Å². The Morgan fingerprint density at radius 1 is 1.41 bits per heavy atom. The highest BCUT2D eigenvalue weighted by atomic mass is 35.5. The Morgan fingerprint density at radius 3 is 2.71 bits per heavy atom. The van der Waals surface area contributed by atoms with Gasteiger partial charge in [-0.15, -0.1) is 11.6 Å². The van der Waals surface area contributed by atoms with Crippen LogP contribution in [0.2, 0.25) is 5.02 Å². The third-order valence-electron chi connectivity index (χ3n) is 2.54. The van der Waals surface area contributed by atoms with Crippen molar-refractivity contribution in [3.8, 4) is 0 Å². The van der Waals surface area contributed by atoms with Crippen molar-refractivity contribution in [2.24, 2.45) is 5.41 Å². The van der Waals surface area contributed by atoms with Crippen LogP contribution in [0.15, 0.2) is 24.3 Å². The number of hydrogen-bond acceptors (Lipinski definition) is 1. The van der Waals surface area contributed by atoms with Gasteiger partial charge in [-0.2, -0.15) is 0 Å². The molecular formula is C13H17Cl2NO. The lowest BCUT2D eigenvalue weighted by molar-refractivity contribution is -0.128. The topological polar surface area (TPSA) is 29.1 Å². The fourth-order valence-corrected chi connectivity index (χ4v) is 1.65. The van der Waals surface area contributed by atoms with Crippen LogP contribution in [0.3, 0.4) is 0 Å². The van der Waals surface area contributed by atoms with E-state index in [1.54, 1.807) is 0 Å². The average Bonchev–Trinajstić information content (AvgIpc) is 2.29. The number of alkyl halides is 1. The van der Waals surface area contributed by atoms with Gasteiger partial charge in [0.2, 0.25) is 5.91 Å². The first-order valence-corrected chi connectivity index (χ1v) is 6.45. The summed E-state index contributed by atoms with van der Waals surface area (Å²) in [6.45, 7) is 4.25. The summed E-state index contributed by atoms with van der Waals surface area (Å²) in [6.07, 6.45) is 0.769. The number of benzene rings is 1. The molecule has 1 rings (SSSR count). The van der Waals surface area contributed by atoms with Gasteiger partial charge in [0.15, 0.2) is 0 Å². The van der Waals surface area contributed by atoms with E-state index < -0.39 is 5.41 Å². The molecule has 1 N–H and O–H groups in total. The normalized spacial score (nSPS) is 11.3. The fraction of sp³-hybridized carbons (Fsp3) is 0.462. The van der Waals surface area contributed by atoms with Gasteiger partial charge in [-0.3, -0.25) is 4.79 Å². The van der Waals surface area contributed by atoms with E-state index in [2.05, 4.69) is 5.32 Å². The van der Waals surface area contributed by atoms with Crippen LogP contribution in [0.4, 0.5) is 0 Å². The Bertz CT molecular complexity index is 391. The van der Waals surface area contributed by atoms with Crippen molar-refractivity contribution in [1.29, 1.82) is 0 Å². The van der Waals surface area contributed by atoms with Gasteiger partial charge in [-0.1, -0.05) is 23.7 Å². The molecule has 0 heterocycles. The highest BCUT2D eigenvalue weighted by Crippen LogP contribution is 2.16. The van der Waals surface area contributed by atoms with Crippen molar-refractivity contribution in [1.82, 2.24) is 5.32 Å². The van der Waals surface area contributed by atoms with E-state index in [1.807, 2.05) is 38.1 Å². The minimum absolute atomic E-state index is 0.0190. The van der Waals surface area contributed by atoms with Crippen LogP contribution in [-0.4, -0.2) is 18.3 Å². The standard InChI is InChI=1S/C13H17Cl2NO/c1-13(2,9-14)12(17)16-7-6-10-4-3-5-11(15)8-10/h3-5,8H,6-7,9H2,1-2H3,(H,16,17). The Morgan fingerprint density at radius 2 is 2.12 bits per heavy atom. The van der Waals surface area contributed by atoms with Gasteiger partial charge in [0.1, 0.15) is 0 Å². The van der Waals surface area contributed by atoms with Gasteiger partial charge >= 0.3 is 0 Å². The van der Waals surface area contributed by atoms with Crippen LogP contribution in [0.1, 0.15) is 19.4 Å². The van der Waals surface area contributed by atoms with Crippen molar-refractivity contribution in [2.75, 3.05) is 12.4 Å². The maximum absolute atomic E-state index is 11.7. The number of carbonyl (C=O) groups excluding carboxylic acids is 1. The second-order valence-corrected chi connectivity index (χ2v) is 5.36. The van der Waals surface area contributed by atoms with E-state index in [-0.39, 0.29) is 5.91 Å². The smallest absolute Gasteiger partial charge is 0.226 e. The van der Waals surface area contributed by atoms with Crippen molar-refractivity contribution in [2.45, 2.75) is 20.3 Å². The maximum atomic E-state index is 11.7. The number of hydrogen-bond donors (Lipinski definition) is 1. The molecule has 94 valence electrons. The zero-order valence-electron chi connectivity index (χ0n) is 10.1. The van der Waals surface area contributed by atoms with Gasteiger partial charge in [-0.05, 0) is 38.0 Å². The van der Waals surface area contributed by atoms with Crippen LogP contribution in [0.5, 0.6) is 0 Å². The minimum Gasteiger partial charge on any atom is -0.355 e. The summed E-state index contributed by atoms with van der Waals surface area (Å²) in [4.78, 5) is 11.7. The number of carbonyl (C=O) groups is 1. The molecule has 0 bridgehead atoms. The van der Waals surface area contributed by atoms with Gasteiger partial charge in [-0.25, -0.2) is 0 Å². The summed E-state index contributed by atoms with van der Waals surface area (Å²) < 4.78 is 0. The van der Waals surface area contributed by atoms with E-state index in [4.69, 9.17) is 23.2 Å². The van der Waals surface area contributed by atoms with E-state index in [0.29, 0.717) is 12.4 Å². The summed E-state index contributed by atoms with van der Waals surface area (Å²) in [5.41, 5.74) is 0.595. The van der Waals surface area contributed by atoms with Crippen LogP contribution in [-0.2, 0) is 11.2 Å². The van der Waals surface area contributed by atoms with E-state index >= 15 is 0 Å². The van der Waals surface area contributed by atoms with E-state index in [0.717, 1.165) is 17.0 Å². The quantitative estimate of drug-likeness (QED) is 0.820. The van der Waals surface area contributed by atoms with Crippen LogP contribution < -0.4 is 5.32 Å². The Hall–Kier alpha value is -0.730. The molecule has 0 aliphatic rings. The highest BCUT2D eigenvalue weighted by molar-refractivity contribution is 6.30. The van der Waals surface area contributed by atoms with E-state index in [1.165, 1.54) is 0 Å². The molecule has 0 unspecified atom stereocenters. The molecule has 0 fully saturated rings. The number of halogens is 2. The Labute approximate surface area is 112 Å². The van der Waals surface area contributed by atoms with Crippen molar-refractivity contribution in [3.05, 3.63) is 34.9 Å². The van der Waals surface area contributed by atoms with Crippen LogP contribution in [0.25, 0.3) is 0 Å². The Balaban J connectivity index is 2.41. The molecule has 0 spiro atoms. The summed E-state index contributed by atoms with van der Waals surface area (Å²) >= 11 is 11.6. The number of nitrogens with one attached hydrogen (secondary N) is 1. The second-order valence-electron chi connectivity index (χ2n) is 4.65. The Kier molecular flexibility index (Phi) is 5.29. The molecule has 0 atom stereocenters. The zero-order chi connectivity index (χ0) is 12.9. The summed E-state index contributed by atoms with van der Waals surface area (Å²) in [6, 6.07) is 7.63. The molecule has 0 saturated carbocycles. The zero-order valence-corrected chi connectivity index (χ0v) is 11.6. The molecular weight excluding hydrogens is 257 g/mol. The number of amides is 1. The van der Waals surface area contributed by atoms with Gasteiger partial charge in [0.25, 0.3) is 0 Å². The van der Waals surface area contributed by atoms with Crippen LogP contribution in [0, 0.1) is 5.41 Å². The molecule has 1 aromatic carbocycles. The third kappa shape index (κ3) is 4.57. The van der Waals surface area contributed by atoms with Crippen molar-refractivity contribution in [3.63, 3.8) is 0 Å². The molecule has 4 heteroatoms. The second kappa shape index (κ2) is 6.27. The third-order valence-corrected chi connectivity index (χ3v) is 3.44. The SMILES string of the molecule is CC(C)(CCl)C(=O)NCCc1cccc(Cl)c1. The van der Waals surface area contributed by atoms with Crippen LogP contribution >= 0.6 is 23.2 Å². The summed E-state index contributed by atoms with van der Waals surface area (Å²) in [5, 5.41) is 3.59. The molecule has 0 saturated heterocycles. The molecule has 0 radical (unpaired) electrons. The molecule has 2 nitrogen and oxygen atoms in total. The van der Waals surface area contributed by atoms with Gasteiger partial charge < -0.3 is 5.32 Å². The fourth-order valence-electron chi connectivity index (χ4n) is 1.31. The first kappa shape index (κ1) is 14.3. The lowest BCUT2D eigenvalue weighted by Gasteiger charge is -2.20. The molecule has 17 heavy (non-hydrogen) atoms. The first-order valence-electron chi connectivity index (χ1n) is 5.54. The summed E-state index contributed by atoms with van der Waals surface area (Å²) in [5.74, 6) is 0.297. The number of rotatable bonds is 5. The molecule has 0 aromatic heterocycles. The predicted molar refractivity (Wildman–Crippen MR) is 72.7 cm³/mol. The maximum Gasteiger partial charge on any atom is 0.226 e. The minimum atomic E-state index is -0.518. The molecule has 0 aliphatic carbocycles. The predicted octanol–water partition coefficient (Wildman–Crippen LogP) is 3.26. The van der Waals surface area contributed by atoms with Crippen molar-refractivity contribution < 1.29 is 4.79 Å². The van der Waals surface area contributed by atoms with Crippen molar-refractivity contribution >= 4 is 29.1 Å². The average molecular weight is 274 g/mol. The molecule has 0 aliphatic heterocycles. The molecule has 1 aromatic rings. The summed E-state index contributed by atoms with van der Waals surface area (Å²) in [7, 11) is 0. The lowest BCUT2D eigenvalue weighted by atomic mass is 9.95. The highest BCUT2D eigenvalue weighted by Gasteiger charge is 2.25. The monoisotopic (exact) mass is 273 g/mol.